The molecule has 0 spiro atoms. The molecule has 1 aliphatic heterocycles. The summed E-state index contributed by atoms with van der Waals surface area (Å²) in [4.78, 5) is 45.7. The van der Waals surface area contributed by atoms with E-state index in [0.717, 1.165) is 23.4 Å². The van der Waals surface area contributed by atoms with Crippen molar-refractivity contribution in [3.63, 3.8) is 0 Å². The maximum Gasteiger partial charge on any atom is 0.245 e. The van der Waals surface area contributed by atoms with Crippen LogP contribution in [0.5, 0.6) is 0 Å². The lowest BCUT2D eigenvalue weighted by Gasteiger charge is -2.29. The zero-order valence-corrected chi connectivity index (χ0v) is 16.4. The molecule has 9 nitrogen and oxygen atoms in total. The van der Waals surface area contributed by atoms with Crippen molar-refractivity contribution < 1.29 is 18.8 Å². The molecule has 0 fully saturated rings. The van der Waals surface area contributed by atoms with Crippen molar-refractivity contribution in [1.82, 2.24) is 20.2 Å². The number of oxazole rings is 1. The minimum atomic E-state index is -0.779. The van der Waals surface area contributed by atoms with Gasteiger partial charge in [-0.1, -0.05) is 6.07 Å². The molecule has 0 saturated heterocycles. The highest BCUT2D eigenvalue weighted by Crippen LogP contribution is 2.22. The average Bonchev–Trinajstić information content (AvgIpc) is 3.11. The summed E-state index contributed by atoms with van der Waals surface area (Å²) in [5.41, 5.74) is 7.03. The number of carbonyl (C=O) groups is 3. The minimum absolute atomic E-state index is 0.0260. The smallest absolute Gasteiger partial charge is 0.245 e. The Kier molecular flexibility index (Phi) is 6.58. The third-order valence-corrected chi connectivity index (χ3v) is 4.79. The van der Waals surface area contributed by atoms with E-state index in [4.69, 9.17) is 10.2 Å². The van der Waals surface area contributed by atoms with Crippen LogP contribution in [0.1, 0.15) is 42.7 Å². The van der Waals surface area contributed by atoms with Gasteiger partial charge in [0, 0.05) is 45.1 Å². The number of hydrogen-bond donors (Lipinski definition) is 2. The van der Waals surface area contributed by atoms with E-state index in [1.807, 2.05) is 18.3 Å². The average molecular weight is 399 g/mol. The fourth-order valence-corrected chi connectivity index (χ4v) is 3.35. The van der Waals surface area contributed by atoms with Crippen LogP contribution >= 0.6 is 0 Å². The fourth-order valence-electron chi connectivity index (χ4n) is 3.35. The van der Waals surface area contributed by atoms with Gasteiger partial charge in [0.05, 0.1) is 6.54 Å². The summed E-state index contributed by atoms with van der Waals surface area (Å²) in [5.74, 6) is 0.351. The number of nitrogens with one attached hydrogen (secondary N) is 1. The molecule has 0 saturated carbocycles. The third kappa shape index (κ3) is 5.63. The number of fused-ring (bicyclic) bond motifs is 1. The van der Waals surface area contributed by atoms with E-state index in [-0.39, 0.29) is 24.7 Å². The number of amides is 3. The lowest BCUT2D eigenvalue weighted by Crippen LogP contribution is -2.49. The predicted molar refractivity (Wildman–Crippen MR) is 103 cm³/mol. The van der Waals surface area contributed by atoms with Gasteiger partial charge in [0.25, 0.3) is 0 Å². The Bertz CT molecular complexity index is 880. The molecule has 0 radical (unpaired) electrons. The predicted octanol–water partition coefficient (Wildman–Crippen LogP) is 0.510. The molecule has 9 heteroatoms. The zero-order valence-electron chi connectivity index (χ0n) is 16.4. The van der Waals surface area contributed by atoms with Crippen LogP contribution in [-0.2, 0) is 40.2 Å². The Labute approximate surface area is 168 Å². The first-order valence-corrected chi connectivity index (χ1v) is 9.63. The molecule has 0 bridgehead atoms. The van der Waals surface area contributed by atoms with Crippen LogP contribution < -0.4 is 11.1 Å². The van der Waals surface area contributed by atoms with Crippen LogP contribution in [0.2, 0.25) is 0 Å². The first-order valence-electron chi connectivity index (χ1n) is 9.63. The van der Waals surface area contributed by atoms with Crippen molar-refractivity contribution in [3.8, 4) is 0 Å². The van der Waals surface area contributed by atoms with E-state index in [9.17, 15) is 14.4 Å². The summed E-state index contributed by atoms with van der Waals surface area (Å²) in [6.07, 6.45) is 5.73. The van der Waals surface area contributed by atoms with Crippen LogP contribution in [0.25, 0.3) is 0 Å². The Morgan fingerprint density at radius 2 is 2.17 bits per heavy atom. The zero-order chi connectivity index (χ0) is 20.8. The van der Waals surface area contributed by atoms with Gasteiger partial charge >= 0.3 is 0 Å². The highest BCUT2D eigenvalue weighted by Gasteiger charge is 2.30. The van der Waals surface area contributed by atoms with Gasteiger partial charge in [0.2, 0.25) is 17.7 Å². The molecule has 3 N–H and O–H groups in total. The van der Waals surface area contributed by atoms with Crippen molar-refractivity contribution in [1.29, 1.82) is 0 Å². The van der Waals surface area contributed by atoms with Crippen LogP contribution in [0.4, 0.5) is 0 Å². The van der Waals surface area contributed by atoms with Gasteiger partial charge < -0.3 is 20.4 Å². The maximum absolute atomic E-state index is 12.9. The second-order valence-corrected chi connectivity index (χ2v) is 7.11. The van der Waals surface area contributed by atoms with Gasteiger partial charge in [-0.25, -0.2) is 4.98 Å². The maximum atomic E-state index is 12.9. The molecule has 29 heavy (non-hydrogen) atoms. The lowest BCUT2D eigenvalue weighted by atomic mass is 10.1. The molecule has 3 heterocycles. The third-order valence-electron chi connectivity index (χ3n) is 4.79. The van der Waals surface area contributed by atoms with Gasteiger partial charge in [-0.05, 0) is 24.5 Å². The Balaban J connectivity index is 1.63. The quantitative estimate of drug-likeness (QED) is 0.665. The summed E-state index contributed by atoms with van der Waals surface area (Å²) in [5, 5.41) is 2.61. The van der Waals surface area contributed by atoms with Crippen molar-refractivity contribution in [3.05, 3.63) is 47.4 Å². The molecule has 154 valence electrons. The molecule has 0 aromatic carbocycles. The topological polar surface area (TPSA) is 131 Å². The Morgan fingerprint density at radius 1 is 1.34 bits per heavy atom. The monoisotopic (exact) mass is 399 g/mol. The van der Waals surface area contributed by atoms with E-state index in [1.54, 1.807) is 11.1 Å². The van der Waals surface area contributed by atoms with E-state index in [2.05, 4.69) is 15.3 Å². The molecule has 2 aromatic heterocycles. The second kappa shape index (κ2) is 9.31. The summed E-state index contributed by atoms with van der Waals surface area (Å²) in [7, 11) is 0. The number of carbonyl (C=O) groups excluding carboxylic acids is 3. The highest BCUT2D eigenvalue weighted by molar-refractivity contribution is 5.87. The summed E-state index contributed by atoms with van der Waals surface area (Å²) in [6.45, 7) is 2.12. The van der Waals surface area contributed by atoms with Crippen LogP contribution in [0, 0.1) is 0 Å². The van der Waals surface area contributed by atoms with Gasteiger partial charge in [-0.2, -0.15) is 0 Å². The highest BCUT2D eigenvalue weighted by atomic mass is 16.4. The number of primary amides is 1. The molecule has 2 aromatic rings. The number of aryl methyl sites for hydroxylation is 2. The molecule has 1 atom stereocenters. The number of nitrogens with zero attached hydrogens (tertiary/aromatic N) is 3. The second-order valence-electron chi connectivity index (χ2n) is 7.11. The molecular weight excluding hydrogens is 374 g/mol. The van der Waals surface area contributed by atoms with Crippen LogP contribution in [-0.4, -0.2) is 45.2 Å². The van der Waals surface area contributed by atoms with Crippen molar-refractivity contribution in [2.24, 2.45) is 5.73 Å². The largest absolute Gasteiger partial charge is 0.445 e. The van der Waals surface area contributed by atoms with Gasteiger partial charge in [-0.15, -0.1) is 0 Å². The van der Waals surface area contributed by atoms with Crippen LogP contribution in [0.3, 0.4) is 0 Å². The summed E-state index contributed by atoms with van der Waals surface area (Å²) in [6, 6.07) is 3.12. The van der Waals surface area contributed by atoms with Crippen molar-refractivity contribution >= 4 is 17.7 Å². The molecule has 1 aliphatic rings. The SMILES string of the molecule is CC(=O)N[C@@H](CCC(N)=O)C(=O)N1CCc2oc(CCc3cccnc3)nc2C1. The van der Waals surface area contributed by atoms with E-state index in [1.165, 1.54) is 6.92 Å². The first kappa shape index (κ1) is 20.5. The van der Waals surface area contributed by atoms with Gasteiger partial charge in [0.1, 0.15) is 17.5 Å². The molecule has 3 rings (SSSR count). The molecule has 3 amide bonds. The fraction of sp³-hybridized carbons (Fsp3) is 0.450. The standard InChI is InChI=1S/C20H25N5O4/c1-13(26)23-15(5-6-18(21)27)20(28)25-10-8-17-16(12-25)24-19(29-17)7-4-14-3-2-9-22-11-14/h2-3,9,11,15H,4-8,10,12H2,1H3,(H2,21,27)(H,23,26)/t15-/m0/s1. The number of pyridine rings is 1. The molecule has 0 unspecified atom stereocenters. The van der Waals surface area contributed by atoms with Gasteiger partial charge in [-0.3, -0.25) is 19.4 Å². The number of aromatic nitrogens is 2. The Hall–Kier alpha value is -3.23. The molecular formula is C20H25N5O4. The van der Waals surface area contributed by atoms with Crippen LogP contribution in [0.15, 0.2) is 28.9 Å². The van der Waals surface area contributed by atoms with Crippen molar-refractivity contribution in [2.45, 2.75) is 51.6 Å². The molecule has 0 aliphatic carbocycles. The summed E-state index contributed by atoms with van der Waals surface area (Å²) >= 11 is 0. The van der Waals surface area contributed by atoms with Gasteiger partial charge in [0.15, 0.2) is 5.89 Å². The lowest BCUT2D eigenvalue weighted by molar-refractivity contribution is -0.137. The van der Waals surface area contributed by atoms with E-state index < -0.39 is 11.9 Å². The number of nitrogens with two attached hydrogens (primary N) is 1. The summed E-state index contributed by atoms with van der Waals surface area (Å²) < 4.78 is 5.86. The van der Waals surface area contributed by atoms with E-state index >= 15 is 0 Å². The van der Waals surface area contributed by atoms with E-state index in [0.29, 0.717) is 31.8 Å². The number of hydrogen-bond acceptors (Lipinski definition) is 6. The van der Waals surface area contributed by atoms with Crippen molar-refractivity contribution in [2.75, 3.05) is 6.54 Å². The first-order chi connectivity index (χ1) is 13.9. The number of rotatable bonds is 8. The Morgan fingerprint density at radius 3 is 2.86 bits per heavy atom. The normalized spacial score (nSPS) is 14.2. The minimum Gasteiger partial charge on any atom is -0.445 e.